The number of nitrogens with one attached hydrogen (secondary N) is 1. The predicted octanol–water partition coefficient (Wildman–Crippen LogP) is 4.23. The van der Waals surface area contributed by atoms with Gasteiger partial charge < -0.3 is 20.7 Å². The smallest absolute Gasteiger partial charge is 0.248 e. The van der Waals surface area contributed by atoms with Crippen LogP contribution in [0.3, 0.4) is 0 Å². The number of carbonyl (C=O) groups excluding carboxylic acids is 3. The highest BCUT2D eigenvalue weighted by atomic mass is 16.5. The molecule has 2 atom stereocenters. The molecule has 0 bridgehead atoms. The average molecular weight is 458 g/mol. The quantitative estimate of drug-likeness (QED) is 0.578. The third-order valence-corrected chi connectivity index (χ3v) is 6.14. The molecule has 34 heavy (non-hydrogen) atoms. The lowest BCUT2D eigenvalue weighted by Crippen LogP contribution is -2.47. The summed E-state index contributed by atoms with van der Waals surface area (Å²) in [6.45, 7) is 1.99. The summed E-state index contributed by atoms with van der Waals surface area (Å²) in [6.07, 6.45) is 0.683. The van der Waals surface area contributed by atoms with Crippen LogP contribution in [0.15, 0.2) is 72.8 Å². The maximum Gasteiger partial charge on any atom is 0.248 e. The van der Waals surface area contributed by atoms with Crippen LogP contribution >= 0.6 is 0 Å². The Kier molecular flexibility index (Phi) is 6.63. The Hall–Kier alpha value is -4.13. The summed E-state index contributed by atoms with van der Waals surface area (Å²) >= 11 is 0. The van der Waals surface area contributed by atoms with Crippen LogP contribution in [0.4, 0.5) is 11.4 Å². The molecule has 0 aromatic heterocycles. The third-order valence-electron chi connectivity index (χ3n) is 6.14. The molecule has 0 radical (unpaired) electrons. The normalized spacial score (nSPS) is 17.8. The SMILES string of the molecule is COc1ccc(C2C(C(=O)Nc3ccc(C(N)=O)cc3)CCC(=O)N2c2ccc(C)cc2)cc1. The van der Waals surface area contributed by atoms with Crippen molar-refractivity contribution in [3.63, 3.8) is 0 Å². The van der Waals surface area contributed by atoms with Crippen molar-refractivity contribution in [2.45, 2.75) is 25.8 Å². The fourth-order valence-corrected chi connectivity index (χ4v) is 4.31. The number of primary amides is 1. The van der Waals surface area contributed by atoms with Crippen LogP contribution in [-0.4, -0.2) is 24.8 Å². The number of hydrogen-bond donors (Lipinski definition) is 2. The van der Waals surface area contributed by atoms with Gasteiger partial charge in [0.2, 0.25) is 17.7 Å². The first-order chi connectivity index (χ1) is 16.4. The molecule has 1 aliphatic rings. The zero-order valence-electron chi connectivity index (χ0n) is 19.2. The van der Waals surface area contributed by atoms with Crippen molar-refractivity contribution in [2.24, 2.45) is 11.7 Å². The predicted molar refractivity (Wildman–Crippen MR) is 131 cm³/mol. The van der Waals surface area contributed by atoms with Crippen molar-refractivity contribution in [1.82, 2.24) is 0 Å². The lowest BCUT2D eigenvalue weighted by molar-refractivity contribution is -0.125. The minimum Gasteiger partial charge on any atom is -0.497 e. The van der Waals surface area contributed by atoms with E-state index in [1.54, 1.807) is 36.3 Å². The second-order valence-electron chi connectivity index (χ2n) is 8.39. The molecular weight excluding hydrogens is 430 g/mol. The number of anilines is 2. The number of nitrogens with zero attached hydrogens (tertiary/aromatic N) is 1. The molecule has 7 heteroatoms. The lowest BCUT2D eigenvalue weighted by Gasteiger charge is -2.41. The minimum atomic E-state index is -0.531. The number of ether oxygens (including phenoxy) is 1. The van der Waals surface area contributed by atoms with Gasteiger partial charge in [0.25, 0.3) is 0 Å². The second-order valence-corrected chi connectivity index (χ2v) is 8.39. The number of carbonyl (C=O) groups is 3. The molecule has 1 fully saturated rings. The molecule has 0 spiro atoms. The maximum atomic E-state index is 13.5. The highest BCUT2D eigenvalue weighted by molar-refractivity contribution is 6.00. The van der Waals surface area contributed by atoms with E-state index in [2.05, 4.69) is 5.32 Å². The van der Waals surface area contributed by atoms with E-state index in [1.807, 2.05) is 55.5 Å². The molecule has 7 nitrogen and oxygen atoms in total. The van der Waals surface area contributed by atoms with Gasteiger partial charge in [-0.15, -0.1) is 0 Å². The third kappa shape index (κ3) is 4.78. The average Bonchev–Trinajstić information content (AvgIpc) is 2.85. The van der Waals surface area contributed by atoms with E-state index in [0.29, 0.717) is 23.4 Å². The fourth-order valence-electron chi connectivity index (χ4n) is 4.31. The standard InChI is InChI=1S/C27H27N3O4/c1-17-3-11-21(12-4-17)30-24(31)16-15-23(25(30)18-7-13-22(34-2)14-8-18)27(33)29-20-9-5-19(6-10-20)26(28)32/h3-14,23,25H,15-16H2,1-2H3,(H2,28,32)(H,29,33). The Bertz CT molecular complexity index is 1190. The van der Waals surface area contributed by atoms with Crippen molar-refractivity contribution in [2.75, 3.05) is 17.3 Å². The first-order valence-electron chi connectivity index (χ1n) is 11.1. The minimum absolute atomic E-state index is 0.0282. The molecule has 174 valence electrons. The number of rotatable bonds is 6. The first-order valence-corrected chi connectivity index (χ1v) is 11.1. The Labute approximate surface area is 198 Å². The molecule has 0 aliphatic carbocycles. The van der Waals surface area contributed by atoms with Crippen molar-refractivity contribution in [3.05, 3.63) is 89.5 Å². The van der Waals surface area contributed by atoms with Crippen molar-refractivity contribution < 1.29 is 19.1 Å². The van der Waals surface area contributed by atoms with Crippen molar-refractivity contribution in [1.29, 1.82) is 0 Å². The Morgan fingerprint density at radius 1 is 0.971 bits per heavy atom. The van der Waals surface area contributed by atoms with Gasteiger partial charge in [0, 0.05) is 23.4 Å². The van der Waals surface area contributed by atoms with Gasteiger partial charge in [-0.1, -0.05) is 29.8 Å². The fraction of sp³-hybridized carbons (Fsp3) is 0.222. The molecule has 4 rings (SSSR count). The van der Waals surface area contributed by atoms with Crippen molar-refractivity contribution in [3.8, 4) is 5.75 Å². The number of nitrogens with two attached hydrogens (primary N) is 1. The summed E-state index contributed by atoms with van der Waals surface area (Å²) in [5, 5.41) is 2.94. The molecule has 3 N–H and O–H groups in total. The molecular formula is C27H27N3O4. The Morgan fingerprint density at radius 3 is 2.21 bits per heavy atom. The van der Waals surface area contributed by atoms with Gasteiger partial charge in [-0.3, -0.25) is 14.4 Å². The summed E-state index contributed by atoms with van der Waals surface area (Å²) in [5.41, 5.74) is 8.91. The van der Waals surface area contributed by atoms with Gasteiger partial charge in [0.05, 0.1) is 19.1 Å². The highest BCUT2D eigenvalue weighted by Gasteiger charge is 2.41. The number of methoxy groups -OCH3 is 1. The van der Waals surface area contributed by atoms with E-state index >= 15 is 0 Å². The van der Waals surface area contributed by atoms with Gasteiger partial charge in [-0.2, -0.15) is 0 Å². The molecule has 0 saturated carbocycles. The maximum absolute atomic E-state index is 13.5. The lowest BCUT2D eigenvalue weighted by atomic mass is 9.83. The summed E-state index contributed by atoms with van der Waals surface area (Å²) < 4.78 is 5.29. The van der Waals surface area contributed by atoms with Crippen LogP contribution in [0.25, 0.3) is 0 Å². The zero-order chi connectivity index (χ0) is 24.2. The summed E-state index contributed by atoms with van der Waals surface area (Å²) in [6, 6.07) is 21.1. The van der Waals surface area contributed by atoms with Crippen LogP contribution in [0, 0.1) is 12.8 Å². The summed E-state index contributed by atoms with van der Waals surface area (Å²) in [7, 11) is 1.59. The van der Waals surface area contributed by atoms with Gasteiger partial charge in [0.1, 0.15) is 5.75 Å². The summed E-state index contributed by atoms with van der Waals surface area (Å²) in [4.78, 5) is 39.7. The van der Waals surface area contributed by atoms with Crippen molar-refractivity contribution >= 4 is 29.1 Å². The molecule has 1 heterocycles. The van der Waals surface area contributed by atoms with Gasteiger partial charge in [-0.25, -0.2) is 0 Å². The molecule has 3 amide bonds. The number of piperidine rings is 1. The van der Waals surface area contributed by atoms with E-state index < -0.39 is 17.9 Å². The topological polar surface area (TPSA) is 102 Å². The largest absolute Gasteiger partial charge is 0.497 e. The Morgan fingerprint density at radius 2 is 1.62 bits per heavy atom. The monoisotopic (exact) mass is 457 g/mol. The van der Waals surface area contributed by atoms with Gasteiger partial charge in [-0.05, 0) is 67.4 Å². The van der Waals surface area contributed by atoms with Crippen LogP contribution in [0.2, 0.25) is 0 Å². The molecule has 1 aliphatic heterocycles. The highest BCUT2D eigenvalue weighted by Crippen LogP contribution is 2.41. The summed E-state index contributed by atoms with van der Waals surface area (Å²) in [5.74, 6) is -0.541. The van der Waals surface area contributed by atoms with E-state index in [0.717, 1.165) is 16.8 Å². The first kappa shape index (κ1) is 23.0. The van der Waals surface area contributed by atoms with E-state index in [9.17, 15) is 14.4 Å². The van der Waals surface area contributed by atoms with Crippen LogP contribution in [-0.2, 0) is 9.59 Å². The number of hydrogen-bond acceptors (Lipinski definition) is 4. The number of benzene rings is 3. The number of aryl methyl sites for hydroxylation is 1. The molecule has 3 aromatic rings. The van der Waals surface area contributed by atoms with E-state index in [4.69, 9.17) is 10.5 Å². The van der Waals surface area contributed by atoms with Gasteiger partial charge >= 0.3 is 0 Å². The molecule has 2 unspecified atom stereocenters. The van der Waals surface area contributed by atoms with Crippen LogP contribution in [0.5, 0.6) is 5.75 Å². The molecule has 1 saturated heterocycles. The second kappa shape index (κ2) is 9.79. The van der Waals surface area contributed by atoms with Crippen LogP contribution < -0.4 is 20.7 Å². The Balaban J connectivity index is 1.69. The molecule has 3 aromatic carbocycles. The number of amides is 3. The van der Waals surface area contributed by atoms with E-state index in [1.165, 1.54) is 0 Å². The van der Waals surface area contributed by atoms with Gasteiger partial charge in [0.15, 0.2) is 0 Å². The van der Waals surface area contributed by atoms with E-state index in [-0.39, 0.29) is 18.2 Å². The zero-order valence-corrected chi connectivity index (χ0v) is 19.2. The van der Waals surface area contributed by atoms with Crippen LogP contribution in [0.1, 0.15) is 40.4 Å².